The van der Waals surface area contributed by atoms with E-state index >= 15 is 0 Å². The molecule has 1 heterocycles. The highest BCUT2D eigenvalue weighted by atomic mass is 15.3. The van der Waals surface area contributed by atoms with E-state index in [4.69, 9.17) is 0 Å². The summed E-state index contributed by atoms with van der Waals surface area (Å²) in [6.45, 7) is 12.5. The number of piperidine rings is 1. The summed E-state index contributed by atoms with van der Waals surface area (Å²) in [5.74, 6) is 7.93. The maximum Gasteiger partial charge on any atom is 0.0254 e. The van der Waals surface area contributed by atoms with Crippen molar-refractivity contribution in [2.24, 2.45) is 47.3 Å². The predicted octanol–water partition coefficient (Wildman–Crippen LogP) is 3.04. The molecule has 0 aromatic heterocycles. The van der Waals surface area contributed by atoms with Crippen LogP contribution in [0, 0.1) is 47.3 Å². The third-order valence-electron chi connectivity index (χ3n) is 8.20. The third-order valence-corrected chi connectivity index (χ3v) is 8.20. The smallest absolute Gasteiger partial charge is 0.0254 e. The van der Waals surface area contributed by atoms with Crippen LogP contribution in [0.5, 0.6) is 0 Å². The molecule has 2 nitrogen and oxygen atoms in total. The summed E-state index contributed by atoms with van der Waals surface area (Å²) in [6.07, 6.45) is 1.53. The second-order valence-electron chi connectivity index (χ2n) is 9.28. The number of hydrogen-bond acceptors (Lipinski definition) is 2. The van der Waals surface area contributed by atoms with Gasteiger partial charge >= 0.3 is 0 Å². The fraction of sp³-hybridized carbons (Fsp3) is 1.00. The lowest BCUT2D eigenvalue weighted by atomic mass is 9.40. The number of hydrogen-bond donors (Lipinski definition) is 0. The molecule has 21 heavy (non-hydrogen) atoms. The van der Waals surface area contributed by atoms with E-state index in [2.05, 4.69) is 51.6 Å². The fourth-order valence-corrected chi connectivity index (χ4v) is 6.28. The summed E-state index contributed by atoms with van der Waals surface area (Å²) < 4.78 is 0. The van der Waals surface area contributed by atoms with Crippen molar-refractivity contribution in [1.82, 2.24) is 9.80 Å². The summed E-state index contributed by atoms with van der Waals surface area (Å²) in [7, 11) is 4.76. The average molecular weight is 290 g/mol. The van der Waals surface area contributed by atoms with E-state index in [1.807, 2.05) is 0 Å². The van der Waals surface area contributed by atoms with E-state index in [9.17, 15) is 0 Å². The van der Waals surface area contributed by atoms with Crippen LogP contribution >= 0.6 is 0 Å². The monoisotopic (exact) mass is 290 g/mol. The maximum absolute atomic E-state index is 2.75. The summed E-state index contributed by atoms with van der Waals surface area (Å²) in [4.78, 5) is 5.39. The average Bonchev–Trinajstić information content (AvgIpc) is 2.78. The Morgan fingerprint density at radius 3 is 2.33 bits per heavy atom. The molecule has 6 unspecified atom stereocenters. The van der Waals surface area contributed by atoms with Gasteiger partial charge in [0.1, 0.15) is 0 Å². The zero-order chi connectivity index (χ0) is 15.0. The Bertz CT molecular complexity index is 410. The molecule has 5 aliphatic rings. The zero-order valence-corrected chi connectivity index (χ0v) is 14.8. The predicted molar refractivity (Wildman–Crippen MR) is 88.1 cm³/mol. The van der Waals surface area contributed by atoms with Crippen molar-refractivity contribution in [3.05, 3.63) is 0 Å². The van der Waals surface area contributed by atoms with Crippen LogP contribution in [0.25, 0.3) is 0 Å². The molecule has 4 aliphatic carbocycles. The largest absolute Gasteiger partial charge is 0.302 e. The van der Waals surface area contributed by atoms with Gasteiger partial charge in [-0.3, -0.25) is 0 Å². The second-order valence-corrected chi connectivity index (χ2v) is 9.28. The summed E-state index contributed by atoms with van der Waals surface area (Å²) in [6, 6.07) is 1.77. The Morgan fingerprint density at radius 1 is 1.14 bits per heavy atom. The van der Waals surface area contributed by atoms with Crippen molar-refractivity contribution in [1.29, 1.82) is 0 Å². The first kappa shape index (κ1) is 14.5. The summed E-state index contributed by atoms with van der Waals surface area (Å²) in [5.41, 5.74) is 0. The Morgan fingerprint density at radius 2 is 1.81 bits per heavy atom. The van der Waals surface area contributed by atoms with Crippen LogP contribution in [0.4, 0.5) is 0 Å². The summed E-state index contributed by atoms with van der Waals surface area (Å²) in [5, 5.41) is 0. The molecule has 1 saturated heterocycles. The van der Waals surface area contributed by atoms with Gasteiger partial charge in [-0.1, -0.05) is 27.7 Å². The molecular formula is C19H34N2. The lowest BCUT2D eigenvalue weighted by molar-refractivity contribution is -0.202. The van der Waals surface area contributed by atoms with Gasteiger partial charge in [-0.2, -0.15) is 0 Å². The Kier molecular flexibility index (Phi) is 3.25. The molecule has 0 amide bonds. The van der Waals surface area contributed by atoms with Crippen molar-refractivity contribution in [3.63, 3.8) is 0 Å². The van der Waals surface area contributed by atoms with E-state index in [1.165, 1.54) is 19.5 Å². The zero-order valence-electron chi connectivity index (χ0n) is 14.8. The second kappa shape index (κ2) is 4.71. The molecule has 7 atom stereocenters. The first-order valence-corrected chi connectivity index (χ1v) is 9.32. The Hall–Kier alpha value is -0.0800. The SMILES string of the molecule is CC1C2CN(C)C(CN(C)C3C4CC3C4[C@H](C)C(C)C)C12. The van der Waals surface area contributed by atoms with Crippen molar-refractivity contribution < 1.29 is 0 Å². The van der Waals surface area contributed by atoms with Gasteiger partial charge in [-0.25, -0.2) is 0 Å². The first-order valence-electron chi connectivity index (χ1n) is 9.32. The topological polar surface area (TPSA) is 6.48 Å². The van der Waals surface area contributed by atoms with Gasteiger partial charge in [0.2, 0.25) is 0 Å². The van der Waals surface area contributed by atoms with Crippen LogP contribution in [0.15, 0.2) is 0 Å². The van der Waals surface area contributed by atoms with Gasteiger partial charge in [0, 0.05) is 25.2 Å². The molecule has 1 aliphatic heterocycles. The van der Waals surface area contributed by atoms with Crippen LogP contribution in [-0.4, -0.2) is 49.1 Å². The highest BCUT2D eigenvalue weighted by Gasteiger charge is 2.64. The molecular weight excluding hydrogens is 256 g/mol. The van der Waals surface area contributed by atoms with Crippen LogP contribution < -0.4 is 0 Å². The van der Waals surface area contributed by atoms with E-state index in [-0.39, 0.29) is 0 Å². The number of rotatable bonds is 5. The molecule has 5 fully saturated rings. The number of fused-ring (bicyclic) bond motifs is 1. The molecule has 0 aromatic carbocycles. The molecule has 0 spiro atoms. The van der Waals surface area contributed by atoms with E-state index in [0.717, 1.165) is 59.4 Å². The van der Waals surface area contributed by atoms with Crippen LogP contribution in [0.3, 0.4) is 0 Å². The third kappa shape index (κ3) is 1.91. The van der Waals surface area contributed by atoms with E-state index < -0.39 is 0 Å². The molecule has 0 N–H and O–H groups in total. The van der Waals surface area contributed by atoms with Gasteiger partial charge in [0.05, 0.1) is 0 Å². The van der Waals surface area contributed by atoms with Gasteiger partial charge in [-0.15, -0.1) is 0 Å². The van der Waals surface area contributed by atoms with Gasteiger partial charge in [0.15, 0.2) is 0 Å². The standard InChI is InChI=1S/C19H34N2/c1-10(2)11(3)17-13-7-14(17)19(13)21(6)9-16-18-12(4)15(18)8-20(16)5/h10-19H,7-9H2,1-6H3/t11-,12?,13?,14?,15?,16?,17?,18?,19?/m1/s1. The first-order chi connectivity index (χ1) is 9.91. The van der Waals surface area contributed by atoms with Crippen LogP contribution in [-0.2, 0) is 0 Å². The normalized spacial score (nSPS) is 52.6. The van der Waals surface area contributed by atoms with E-state index in [1.54, 1.807) is 0 Å². The minimum absolute atomic E-state index is 0.843. The lowest BCUT2D eigenvalue weighted by Crippen LogP contribution is -2.71. The molecule has 2 heteroatoms. The highest BCUT2D eigenvalue weighted by molar-refractivity contribution is 5.16. The highest BCUT2D eigenvalue weighted by Crippen LogP contribution is 2.64. The quantitative estimate of drug-likeness (QED) is 0.768. The number of likely N-dealkylation sites (N-methyl/N-ethyl adjacent to an activating group) is 2. The molecule has 120 valence electrons. The number of nitrogens with zero attached hydrogens (tertiary/aromatic N) is 2. The fourth-order valence-electron chi connectivity index (χ4n) is 6.28. The summed E-state index contributed by atoms with van der Waals surface area (Å²) >= 11 is 0. The Labute approximate surface area is 131 Å². The maximum atomic E-state index is 2.75. The van der Waals surface area contributed by atoms with Crippen molar-refractivity contribution in [3.8, 4) is 0 Å². The Balaban J connectivity index is 1.33. The lowest BCUT2D eigenvalue weighted by Gasteiger charge is -2.70. The van der Waals surface area contributed by atoms with Crippen LogP contribution in [0.2, 0.25) is 0 Å². The molecule has 0 aromatic rings. The van der Waals surface area contributed by atoms with Crippen LogP contribution in [0.1, 0.15) is 34.1 Å². The van der Waals surface area contributed by atoms with Crippen molar-refractivity contribution in [2.45, 2.75) is 46.2 Å². The molecule has 5 rings (SSSR count). The minimum atomic E-state index is 0.843. The van der Waals surface area contributed by atoms with E-state index in [0.29, 0.717) is 0 Å². The molecule has 2 bridgehead atoms. The van der Waals surface area contributed by atoms with Gasteiger partial charge in [-0.05, 0) is 67.9 Å². The van der Waals surface area contributed by atoms with Crippen molar-refractivity contribution in [2.75, 3.05) is 27.2 Å². The molecule has 4 saturated carbocycles. The number of likely N-dealkylation sites (tertiary alicyclic amines) is 1. The minimum Gasteiger partial charge on any atom is -0.302 e. The van der Waals surface area contributed by atoms with Gasteiger partial charge in [0.25, 0.3) is 0 Å². The van der Waals surface area contributed by atoms with Gasteiger partial charge < -0.3 is 9.80 Å². The molecule has 0 radical (unpaired) electrons. The van der Waals surface area contributed by atoms with Crippen molar-refractivity contribution >= 4 is 0 Å².